The largest absolute Gasteiger partial charge is 0.462 e. The summed E-state index contributed by atoms with van der Waals surface area (Å²) in [6.07, 6.45) is 2.60. The molecule has 1 aliphatic carbocycles. The van der Waals surface area contributed by atoms with Crippen molar-refractivity contribution >= 4 is 18.1 Å². The summed E-state index contributed by atoms with van der Waals surface area (Å²) >= 11 is 0. The Morgan fingerprint density at radius 3 is 2.52 bits per heavy atom. The molecule has 1 aromatic carbocycles. The third-order valence-corrected chi connectivity index (χ3v) is 8.93. The van der Waals surface area contributed by atoms with Crippen molar-refractivity contribution in [2.75, 3.05) is 13.1 Å². The molecule has 0 bridgehead atoms. The number of benzene rings is 1. The average Bonchev–Trinajstić information content (AvgIpc) is 3.15. The number of aliphatic hydroxyl groups is 1. The molecule has 3 aliphatic rings. The van der Waals surface area contributed by atoms with Crippen LogP contribution in [0.4, 0.5) is 13.6 Å². The molecular formula is C32H35F2N3O5. The number of pyridine rings is 1. The monoisotopic (exact) mass is 579 g/mol. The number of allylic oxidation sites excluding steroid dienone is 1. The van der Waals surface area contributed by atoms with Crippen molar-refractivity contribution in [3.05, 3.63) is 59.9 Å². The number of halogens is 2. The molecule has 1 aromatic heterocycles. The molecule has 5 atom stereocenters. The van der Waals surface area contributed by atoms with Crippen molar-refractivity contribution in [3.8, 4) is 17.2 Å². The van der Waals surface area contributed by atoms with E-state index in [2.05, 4.69) is 11.1 Å². The van der Waals surface area contributed by atoms with Gasteiger partial charge in [0.2, 0.25) is 0 Å². The third-order valence-electron chi connectivity index (χ3n) is 8.93. The lowest BCUT2D eigenvalue weighted by molar-refractivity contribution is -0.244. The van der Waals surface area contributed by atoms with Crippen molar-refractivity contribution in [2.45, 2.75) is 64.3 Å². The minimum Gasteiger partial charge on any atom is -0.462 e. The maximum atomic E-state index is 15.7. The number of nitrogens with zero attached hydrogens (tertiary/aromatic N) is 3. The predicted molar refractivity (Wildman–Crippen MR) is 150 cm³/mol. The van der Waals surface area contributed by atoms with Crippen molar-refractivity contribution in [3.63, 3.8) is 0 Å². The number of cyclic esters (lactones) is 1. The number of nitriles is 1. The highest BCUT2D eigenvalue weighted by Crippen LogP contribution is 2.64. The summed E-state index contributed by atoms with van der Waals surface area (Å²) in [6.45, 7) is 7.60. The smallest absolute Gasteiger partial charge is 0.410 e. The van der Waals surface area contributed by atoms with Gasteiger partial charge in [-0.1, -0.05) is 37.3 Å². The van der Waals surface area contributed by atoms with Gasteiger partial charge in [-0.15, -0.1) is 0 Å². The molecule has 2 aromatic rings. The molecule has 10 heteroatoms. The van der Waals surface area contributed by atoms with Gasteiger partial charge in [0, 0.05) is 35.6 Å². The van der Waals surface area contributed by atoms with Crippen molar-refractivity contribution in [2.24, 2.45) is 23.2 Å². The fourth-order valence-corrected chi connectivity index (χ4v) is 6.82. The Morgan fingerprint density at radius 1 is 1.21 bits per heavy atom. The molecule has 2 saturated heterocycles. The molecule has 3 heterocycles. The fraction of sp³-hybridized carbons (Fsp3) is 0.500. The van der Waals surface area contributed by atoms with Gasteiger partial charge < -0.3 is 19.5 Å². The molecule has 2 unspecified atom stereocenters. The van der Waals surface area contributed by atoms with Crippen LogP contribution in [0, 0.1) is 34.5 Å². The van der Waals surface area contributed by atoms with E-state index in [0.717, 1.165) is 11.1 Å². The van der Waals surface area contributed by atoms with Crippen LogP contribution in [0.1, 0.15) is 52.3 Å². The molecule has 8 nitrogen and oxygen atoms in total. The van der Waals surface area contributed by atoms with Crippen LogP contribution in [-0.4, -0.2) is 63.4 Å². The highest BCUT2D eigenvalue weighted by Gasteiger charge is 2.77. The Kier molecular flexibility index (Phi) is 7.17. The molecule has 42 heavy (non-hydrogen) atoms. The zero-order chi connectivity index (χ0) is 30.7. The Balaban J connectivity index is 1.45. The lowest BCUT2D eigenvalue weighted by Crippen LogP contribution is -2.76. The zero-order valence-electron chi connectivity index (χ0n) is 24.3. The number of carbonyl (C=O) groups is 2. The minimum absolute atomic E-state index is 0.311. The van der Waals surface area contributed by atoms with Crippen molar-refractivity contribution in [1.29, 1.82) is 5.26 Å². The fourth-order valence-electron chi connectivity index (χ4n) is 6.82. The predicted octanol–water partition coefficient (Wildman–Crippen LogP) is 5.45. The molecule has 2 aliphatic heterocycles. The van der Waals surface area contributed by atoms with E-state index < -0.39 is 64.9 Å². The first-order valence-electron chi connectivity index (χ1n) is 14.0. The summed E-state index contributed by atoms with van der Waals surface area (Å²) in [7, 11) is 0. The Labute approximate surface area is 243 Å². The van der Waals surface area contributed by atoms with E-state index in [1.165, 1.54) is 11.8 Å². The van der Waals surface area contributed by atoms with Gasteiger partial charge in [-0.05, 0) is 51.8 Å². The first-order valence-corrected chi connectivity index (χ1v) is 14.0. The van der Waals surface area contributed by atoms with Crippen LogP contribution in [0.25, 0.3) is 17.2 Å². The molecular weight excluding hydrogens is 544 g/mol. The van der Waals surface area contributed by atoms with Crippen LogP contribution in [0.15, 0.2) is 48.7 Å². The highest BCUT2D eigenvalue weighted by atomic mass is 19.3. The molecule has 1 saturated carbocycles. The molecule has 0 radical (unpaired) electrons. The van der Waals surface area contributed by atoms with Crippen LogP contribution in [0.5, 0.6) is 0 Å². The van der Waals surface area contributed by atoms with Gasteiger partial charge in [-0.25, -0.2) is 13.6 Å². The van der Waals surface area contributed by atoms with E-state index in [0.29, 0.717) is 11.3 Å². The minimum atomic E-state index is -3.30. The lowest BCUT2D eigenvalue weighted by Gasteiger charge is -2.59. The lowest BCUT2D eigenvalue weighted by atomic mass is 9.49. The molecule has 222 valence electrons. The SMILES string of the molecule is CC1[C@H](/C=C/c2ccc(-c3ccccc3C#N)cn2)C2[C@@H](C)OC(=O)[C@]2(C2(O)CN(C(=O)OC(C)(C)C)C2)CC1(F)F. The van der Waals surface area contributed by atoms with Crippen LogP contribution < -0.4 is 0 Å². The number of β-amino-alcohol motifs (C(OH)–C–C–N with tert-alkyl or cyclic N) is 1. The average molecular weight is 580 g/mol. The number of esters is 1. The zero-order valence-corrected chi connectivity index (χ0v) is 24.3. The number of ether oxygens (including phenoxy) is 2. The second kappa shape index (κ2) is 10.2. The number of amides is 1. The molecule has 3 fully saturated rings. The number of likely N-dealkylation sites (tertiary alicyclic amines) is 1. The van der Waals surface area contributed by atoms with Gasteiger partial charge in [0.1, 0.15) is 22.7 Å². The second-order valence-corrected chi connectivity index (χ2v) is 12.8. The highest BCUT2D eigenvalue weighted by molar-refractivity contribution is 5.83. The number of hydrogen-bond donors (Lipinski definition) is 1. The van der Waals surface area contributed by atoms with Crippen LogP contribution in [-0.2, 0) is 14.3 Å². The van der Waals surface area contributed by atoms with E-state index >= 15 is 8.78 Å². The summed E-state index contributed by atoms with van der Waals surface area (Å²) in [5, 5.41) is 21.2. The topological polar surface area (TPSA) is 113 Å². The number of hydrogen-bond acceptors (Lipinski definition) is 7. The Morgan fingerprint density at radius 2 is 1.90 bits per heavy atom. The maximum Gasteiger partial charge on any atom is 0.410 e. The normalized spacial score (nSPS) is 29.8. The quantitative estimate of drug-likeness (QED) is 0.479. The van der Waals surface area contributed by atoms with Gasteiger partial charge in [-0.3, -0.25) is 9.78 Å². The Hall–Kier alpha value is -3.84. The summed E-state index contributed by atoms with van der Waals surface area (Å²) in [4.78, 5) is 31.7. The first-order chi connectivity index (χ1) is 19.6. The van der Waals surface area contributed by atoms with Crippen LogP contribution in [0.3, 0.4) is 0 Å². The Bertz CT molecular complexity index is 1460. The van der Waals surface area contributed by atoms with E-state index in [1.807, 2.05) is 12.1 Å². The second-order valence-electron chi connectivity index (χ2n) is 12.8. The standard InChI is InChI=1S/C32H35F2N3O5/c1-19-24(13-12-23-11-10-22(15-36-23)25-9-7-6-8-21(25)14-35)26-20(2)41-27(38)31(26,16-32(19,33)34)30(40)17-37(18-30)28(39)42-29(3,4)5/h6-13,15,19-20,24,26,40H,16-18H2,1-5H3/b13-12+/t19?,20-,24+,26?,31+/m1/s1. The van der Waals surface area contributed by atoms with Crippen molar-refractivity contribution < 1.29 is 33.0 Å². The first kappa shape index (κ1) is 29.6. The summed E-state index contributed by atoms with van der Waals surface area (Å²) in [5.41, 5.74) is -2.09. The molecule has 5 rings (SSSR count). The maximum absolute atomic E-state index is 15.7. The van der Waals surface area contributed by atoms with Crippen LogP contribution in [0.2, 0.25) is 0 Å². The number of alkyl halides is 2. The number of aromatic nitrogens is 1. The molecule has 1 amide bonds. The van der Waals surface area contributed by atoms with Gasteiger partial charge in [-0.2, -0.15) is 5.26 Å². The van der Waals surface area contributed by atoms with Crippen LogP contribution >= 0.6 is 0 Å². The summed E-state index contributed by atoms with van der Waals surface area (Å²) < 4.78 is 42.4. The number of carbonyl (C=O) groups excluding carboxylic acids is 2. The van der Waals surface area contributed by atoms with Gasteiger partial charge in [0.15, 0.2) is 0 Å². The van der Waals surface area contributed by atoms with E-state index in [9.17, 15) is 20.0 Å². The summed E-state index contributed by atoms with van der Waals surface area (Å²) in [6, 6.07) is 12.8. The number of fused-ring (bicyclic) bond motifs is 1. The van der Waals surface area contributed by atoms with E-state index in [4.69, 9.17) is 9.47 Å². The third kappa shape index (κ3) is 4.83. The van der Waals surface area contributed by atoms with Gasteiger partial charge in [0.05, 0.1) is 30.4 Å². The van der Waals surface area contributed by atoms with Crippen molar-refractivity contribution in [1.82, 2.24) is 9.88 Å². The van der Waals surface area contributed by atoms with Gasteiger partial charge in [0.25, 0.3) is 5.92 Å². The summed E-state index contributed by atoms with van der Waals surface area (Å²) in [5.74, 6) is -6.92. The number of rotatable bonds is 4. The van der Waals surface area contributed by atoms with E-state index in [1.54, 1.807) is 70.3 Å². The molecule has 1 N–H and O–H groups in total. The molecule has 0 spiro atoms. The van der Waals surface area contributed by atoms with Gasteiger partial charge >= 0.3 is 12.1 Å². The van der Waals surface area contributed by atoms with E-state index in [-0.39, 0.29) is 13.1 Å².